The summed E-state index contributed by atoms with van der Waals surface area (Å²) in [4.78, 5) is 8.59. The topological polar surface area (TPSA) is 112 Å². The largest absolute Gasteiger partial charge is 0.463 e. The van der Waals surface area contributed by atoms with E-state index in [1.807, 2.05) is 48.5 Å². The monoisotopic (exact) mass is 418 g/mol. The number of benzene rings is 2. The molecule has 0 aliphatic heterocycles. The predicted molar refractivity (Wildman–Crippen MR) is 114 cm³/mol. The minimum Gasteiger partial charge on any atom is -0.463 e. The van der Waals surface area contributed by atoms with Crippen LogP contribution < -0.4 is 5.32 Å². The van der Waals surface area contributed by atoms with Gasteiger partial charge in [0.1, 0.15) is 17.3 Å². The number of aromatic nitrogens is 2. The van der Waals surface area contributed by atoms with Crippen LogP contribution in [0, 0.1) is 11.3 Å². The van der Waals surface area contributed by atoms with E-state index in [4.69, 9.17) is 4.42 Å². The molecule has 4 aromatic rings. The van der Waals surface area contributed by atoms with Gasteiger partial charge in [-0.1, -0.05) is 36.4 Å². The van der Waals surface area contributed by atoms with Crippen molar-refractivity contribution in [2.45, 2.75) is 11.1 Å². The average molecular weight is 418 g/mol. The van der Waals surface area contributed by atoms with Gasteiger partial charge in [-0.3, -0.25) is 4.21 Å². The van der Waals surface area contributed by atoms with Crippen molar-refractivity contribution in [1.29, 1.82) is 5.26 Å². The second-order valence-electron chi connectivity index (χ2n) is 6.62. The zero-order valence-electron chi connectivity index (χ0n) is 16.1. The Labute approximate surface area is 175 Å². The molecule has 2 N–H and O–H groups in total. The Hall–Kier alpha value is -3.54. The molecule has 30 heavy (non-hydrogen) atoms. The summed E-state index contributed by atoms with van der Waals surface area (Å²) in [7, 11) is -1.51. The lowest BCUT2D eigenvalue weighted by Gasteiger charge is -2.14. The van der Waals surface area contributed by atoms with Gasteiger partial charge in [-0.05, 0) is 34.5 Å². The summed E-state index contributed by atoms with van der Waals surface area (Å²) in [6.45, 7) is 0.137. The van der Waals surface area contributed by atoms with Crippen LogP contribution in [0.15, 0.2) is 70.3 Å². The molecule has 2 unspecified atom stereocenters. The van der Waals surface area contributed by atoms with Crippen molar-refractivity contribution in [3.63, 3.8) is 0 Å². The molecule has 0 aliphatic rings. The third kappa shape index (κ3) is 3.94. The smallest absolute Gasteiger partial charge is 0.224 e. The predicted octanol–water partition coefficient (Wildman–Crippen LogP) is 3.64. The number of nitrogens with one attached hydrogen (secondary N) is 1. The fourth-order valence-electron chi connectivity index (χ4n) is 3.14. The van der Waals surface area contributed by atoms with Gasteiger partial charge in [0, 0.05) is 12.8 Å². The van der Waals surface area contributed by atoms with Gasteiger partial charge in [0.2, 0.25) is 5.95 Å². The number of aliphatic hydroxyl groups excluding tert-OH is 1. The van der Waals surface area contributed by atoms with E-state index in [-0.39, 0.29) is 28.8 Å². The van der Waals surface area contributed by atoms with Crippen molar-refractivity contribution in [1.82, 2.24) is 9.97 Å². The van der Waals surface area contributed by atoms with Crippen molar-refractivity contribution < 1.29 is 13.7 Å². The lowest BCUT2D eigenvalue weighted by atomic mass is 10.0. The molecular weight excluding hydrogens is 400 g/mol. The Kier molecular flexibility index (Phi) is 5.57. The molecule has 0 fully saturated rings. The van der Waals surface area contributed by atoms with Crippen LogP contribution in [0.5, 0.6) is 0 Å². The first-order chi connectivity index (χ1) is 14.6. The van der Waals surface area contributed by atoms with Gasteiger partial charge in [0.25, 0.3) is 0 Å². The first-order valence-electron chi connectivity index (χ1n) is 9.17. The second-order valence-corrected chi connectivity index (χ2v) is 7.92. The summed E-state index contributed by atoms with van der Waals surface area (Å²) in [6, 6.07) is 19.0. The van der Waals surface area contributed by atoms with Crippen molar-refractivity contribution >= 4 is 27.5 Å². The number of hydrogen-bond donors (Lipinski definition) is 2. The molecule has 0 spiro atoms. The number of fused-ring (bicyclic) bond motifs is 1. The highest BCUT2D eigenvalue weighted by Crippen LogP contribution is 2.27. The molecule has 4 rings (SSSR count). The number of rotatable bonds is 6. The number of nitriles is 1. The summed E-state index contributed by atoms with van der Waals surface area (Å²) < 4.78 is 17.5. The highest BCUT2D eigenvalue weighted by atomic mass is 32.2. The highest BCUT2D eigenvalue weighted by molar-refractivity contribution is 7.84. The van der Waals surface area contributed by atoms with E-state index in [2.05, 4.69) is 15.3 Å². The summed E-state index contributed by atoms with van der Waals surface area (Å²) in [5, 5.41) is 25.4. The van der Waals surface area contributed by atoms with Gasteiger partial charge < -0.3 is 14.8 Å². The van der Waals surface area contributed by atoms with Gasteiger partial charge >= 0.3 is 0 Å². The lowest BCUT2D eigenvalue weighted by Crippen LogP contribution is -2.15. The van der Waals surface area contributed by atoms with Crippen LogP contribution in [-0.2, 0) is 10.8 Å². The van der Waals surface area contributed by atoms with Crippen molar-refractivity contribution in [3.8, 4) is 17.5 Å². The van der Waals surface area contributed by atoms with Crippen molar-refractivity contribution in [3.05, 3.63) is 72.0 Å². The lowest BCUT2D eigenvalue weighted by molar-refractivity contribution is 0.191. The van der Waals surface area contributed by atoms with E-state index >= 15 is 0 Å². The second kappa shape index (κ2) is 8.45. The molecule has 8 heteroatoms. The summed E-state index contributed by atoms with van der Waals surface area (Å²) in [5.74, 6) is 0.532. The maximum atomic E-state index is 12.1. The third-order valence-corrected chi connectivity index (χ3v) is 5.47. The third-order valence-electron chi connectivity index (χ3n) is 4.63. The first-order valence-corrected chi connectivity index (χ1v) is 10.7. The number of anilines is 1. The van der Waals surface area contributed by atoms with Gasteiger partial charge in [0.15, 0.2) is 10.8 Å². The van der Waals surface area contributed by atoms with Crippen LogP contribution in [0.25, 0.3) is 22.2 Å². The molecular formula is C22H18N4O3S. The van der Waals surface area contributed by atoms with E-state index in [1.165, 1.54) is 12.5 Å². The van der Waals surface area contributed by atoms with Crippen LogP contribution in [0.2, 0.25) is 0 Å². The van der Waals surface area contributed by atoms with E-state index in [0.717, 1.165) is 16.3 Å². The Morgan fingerprint density at radius 3 is 2.67 bits per heavy atom. The number of nitrogens with zero attached hydrogens (tertiary/aromatic N) is 3. The van der Waals surface area contributed by atoms with E-state index in [0.29, 0.717) is 5.76 Å². The minimum absolute atomic E-state index is 0.103. The molecule has 2 heterocycles. The van der Waals surface area contributed by atoms with Crippen molar-refractivity contribution in [2.24, 2.45) is 0 Å². The van der Waals surface area contributed by atoms with Crippen LogP contribution in [0.3, 0.4) is 0 Å². The van der Waals surface area contributed by atoms with Crippen LogP contribution in [0.1, 0.15) is 17.2 Å². The Balaban J connectivity index is 1.62. The minimum atomic E-state index is -1.51. The van der Waals surface area contributed by atoms with Crippen LogP contribution in [0.4, 0.5) is 5.95 Å². The van der Waals surface area contributed by atoms with Crippen molar-refractivity contribution in [2.75, 3.05) is 18.1 Å². The quantitative estimate of drug-likeness (QED) is 0.460. The molecule has 2 atom stereocenters. The zero-order valence-corrected chi connectivity index (χ0v) is 16.9. The molecule has 0 radical (unpaired) electrons. The molecule has 0 saturated carbocycles. The number of hydrogen-bond acceptors (Lipinski definition) is 7. The van der Waals surface area contributed by atoms with Gasteiger partial charge in [-0.2, -0.15) is 5.26 Å². The highest BCUT2D eigenvalue weighted by Gasteiger charge is 2.20. The van der Waals surface area contributed by atoms with Crippen LogP contribution in [-0.4, -0.2) is 32.1 Å². The molecule has 150 valence electrons. The molecule has 7 nitrogen and oxygen atoms in total. The number of aliphatic hydroxyl groups is 1. The molecule has 0 amide bonds. The summed E-state index contributed by atoms with van der Waals surface area (Å²) in [5.41, 5.74) is 1.11. The van der Waals surface area contributed by atoms with E-state index < -0.39 is 16.9 Å². The fourth-order valence-corrected chi connectivity index (χ4v) is 3.79. The average Bonchev–Trinajstić information content (AvgIpc) is 3.31. The van der Waals surface area contributed by atoms with E-state index in [9.17, 15) is 14.6 Å². The van der Waals surface area contributed by atoms with Gasteiger partial charge in [-0.15, -0.1) is 0 Å². The summed E-state index contributed by atoms with van der Waals surface area (Å²) >= 11 is 0. The fraction of sp³-hybridized carbons (Fsp3) is 0.136. The summed E-state index contributed by atoms with van der Waals surface area (Å²) in [6.07, 6.45) is 2.11. The molecule has 2 aromatic heterocycles. The molecule has 0 aliphatic carbocycles. The maximum absolute atomic E-state index is 12.1. The van der Waals surface area contributed by atoms with Gasteiger partial charge in [0.05, 0.1) is 23.2 Å². The standard InChI is InChI=1S/C22H18N4O3S/c1-30(28)21-17(12-23)20(19-7-4-10-29-19)25-22(26-21)24-13-18(27)16-9-8-14-5-2-3-6-15(14)11-16/h2-11,18,27H,13H2,1H3,(H,24,25,26). The van der Waals surface area contributed by atoms with E-state index in [1.54, 1.807) is 12.1 Å². The Bertz CT molecular complexity index is 1270. The molecule has 2 aromatic carbocycles. The SMILES string of the molecule is CS(=O)c1nc(NCC(O)c2ccc3ccccc3c2)nc(-c2ccco2)c1C#N. The normalized spacial score (nSPS) is 13.0. The molecule has 0 bridgehead atoms. The zero-order chi connectivity index (χ0) is 21.1. The Morgan fingerprint density at radius 2 is 1.97 bits per heavy atom. The molecule has 0 saturated heterocycles. The first kappa shape index (κ1) is 19.8. The maximum Gasteiger partial charge on any atom is 0.224 e. The van der Waals surface area contributed by atoms with Gasteiger partial charge in [-0.25, -0.2) is 9.97 Å². The number of furan rings is 1. The van der Waals surface area contributed by atoms with Crippen LogP contribution >= 0.6 is 0 Å². The Morgan fingerprint density at radius 1 is 1.17 bits per heavy atom.